The topological polar surface area (TPSA) is 74.0 Å². The van der Waals surface area contributed by atoms with Crippen LogP contribution in [0.2, 0.25) is 0 Å². The first-order valence-electron chi connectivity index (χ1n) is 9.76. The van der Waals surface area contributed by atoms with Crippen molar-refractivity contribution >= 4 is 28.1 Å². The van der Waals surface area contributed by atoms with E-state index < -0.39 is 0 Å². The molecule has 0 unspecified atom stereocenters. The molecule has 1 fully saturated rings. The lowest BCUT2D eigenvalue weighted by Gasteiger charge is -2.31. The van der Waals surface area contributed by atoms with Crippen molar-refractivity contribution in [2.24, 2.45) is 0 Å². The molecule has 1 aliphatic heterocycles. The molecule has 1 aliphatic rings. The number of thiophene rings is 1. The number of methoxy groups -OCH3 is 1. The highest BCUT2D eigenvalue weighted by atomic mass is 32.1. The van der Waals surface area contributed by atoms with E-state index in [1.807, 2.05) is 34.5 Å². The minimum Gasteiger partial charge on any atom is -0.497 e. The summed E-state index contributed by atoms with van der Waals surface area (Å²) < 4.78 is 5.38. The van der Waals surface area contributed by atoms with E-state index in [2.05, 4.69) is 33.5 Å². The molecular weight excluding hydrogens is 384 g/mol. The third-order valence-corrected chi connectivity index (χ3v) is 6.63. The standard InChI is InChI=1S/C22H22N4O2S/c1-28-15-4-5-18-16(11-15)17(13-23-18)14-6-8-26(9-7-14)22(27)20-12-19(24-25-20)21-3-2-10-29-21/h2-5,10-14,23H,6-9H2,1H3,(H,24,25). The average Bonchev–Trinajstić information content (AvgIpc) is 3.53. The summed E-state index contributed by atoms with van der Waals surface area (Å²) in [7, 11) is 1.69. The van der Waals surface area contributed by atoms with Gasteiger partial charge in [0, 0.05) is 30.2 Å². The van der Waals surface area contributed by atoms with Gasteiger partial charge in [0.2, 0.25) is 0 Å². The molecule has 148 valence electrons. The van der Waals surface area contributed by atoms with Crippen LogP contribution in [0.1, 0.15) is 34.8 Å². The molecule has 1 saturated heterocycles. The van der Waals surface area contributed by atoms with E-state index in [-0.39, 0.29) is 5.91 Å². The van der Waals surface area contributed by atoms with Gasteiger partial charge < -0.3 is 14.6 Å². The highest BCUT2D eigenvalue weighted by molar-refractivity contribution is 7.13. The van der Waals surface area contributed by atoms with Gasteiger partial charge in [0.1, 0.15) is 5.75 Å². The summed E-state index contributed by atoms with van der Waals surface area (Å²) in [5.74, 6) is 1.30. The van der Waals surface area contributed by atoms with Crippen LogP contribution in [0.5, 0.6) is 5.75 Å². The maximum absolute atomic E-state index is 12.9. The van der Waals surface area contributed by atoms with Crippen molar-refractivity contribution in [3.8, 4) is 16.3 Å². The number of benzene rings is 1. The number of carbonyl (C=O) groups is 1. The summed E-state index contributed by atoms with van der Waals surface area (Å²) in [5.41, 5.74) is 3.82. The van der Waals surface area contributed by atoms with Crippen molar-refractivity contribution in [2.75, 3.05) is 20.2 Å². The fraction of sp³-hybridized carbons (Fsp3) is 0.273. The highest BCUT2D eigenvalue weighted by Gasteiger charge is 2.27. The van der Waals surface area contributed by atoms with Crippen LogP contribution in [-0.4, -0.2) is 46.2 Å². The summed E-state index contributed by atoms with van der Waals surface area (Å²) >= 11 is 1.63. The molecule has 7 heteroatoms. The van der Waals surface area contributed by atoms with Gasteiger partial charge in [0.15, 0.2) is 5.69 Å². The van der Waals surface area contributed by atoms with Crippen molar-refractivity contribution in [3.63, 3.8) is 0 Å². The molecule has 4 aromatic rings. The molecule has 0 bridgehead atoms. The van der Waals surface area contributed by atoms with Crippen LogP contribution in [0.4, 0.5) is 0 Å². The van der Waals surface area contributed by atoms with E-state index in [9.17, 15) is 4.79 Å². The molecule has 2 N–H and O–H groups in total. The predicted octanol–water partition coefficient (Wildman–Crippen LogP) is 4.65. The third kappa shape index (κ3) is 3.31. The number of amides is 1. The molecule has 0 aliphatic carbocycles. The van der Waals surface area contributed by atoms with E-state index in [0.29, 0.717) is 11.6 Å². The number of nitrogens with one attached hydrogen (secondary N) is 2. The number of aromatic nitrogens is 3. The Balaban J connectivity index is 1.29. The third-order valence-electron chi connectivity index (χ3n) is 5.73. The summed E-state index contributed by atoms with van der Waals surface area (Å²) in [4.78, 5) is 19.3. The molecule has 3 aromatic heterocycles. The number of likely N-dealkylation sites (tertiary alicyclic amines) is 1. The first kappa shape index (κ1) is 18.0. The molecule has 29 heavy (non-hydrogen) atoms. The number of nitrogens with zero attached hydrogens (tertiary/aromatic N) is 2. The molecule has 5 rings (SSSR count). The minimum absolute atomic E-state index is 0.00287. The lowest BCUT2D eigenvalue weighted by Crippen LogP contribution is -2.38. The summed E-state index contributed by atoms with van der Waals surface area (Å²) in [5, 5.41) is 10.5. The van der Waals surface area contributed by atoms with E-state index in [1.165, 1.54) is 10.9 Å². The number of fused-ring (bicyclic) bond motifs is 1. The normalized spacial score (nSPS) is 15.1. The number of piperidine rings is 1. The highest BCUT2D eigenvalue weighted by Crippen LogP contribution is 2.35. The average molecular weight is 407 g/mol. The monoisotopic (exact) mass is 406 g/mol. The zero-order valence-electron chi connectivity index (χ0n) is 16.1. The number of H-pyrrole nitrogens is 2. The molecule has 1 aromatic carbocycles. The van der Waals surface area contributed by atoms with Crippen LogP contribution in [0.15, 0.2) is 48.0 Å². The Labute approximate surface area is 172 Å². The molecule has 0 radical (unpaired) electrons. The molecule has 0 atom stereocenters. The smallest absolute Gasteiger partial charge is 0.274 e. The van der Waals surface area contributed by atoms with E-state index >= 15 is 0 Å². The lowest BCUT2D eigenvalue weighted by atomic mass is 9.89. The van der Waals surface area contributed by atoms with Gasteiger partial charge in [-0.25, -0.2) is 0 Å². The molecule has 4 heterocycles. The molecular formula is C22H22N4O2S. The van der Waals surface area contributed by atoms with Crippen LogP contribution in [0.25, 0.3) is 21.5 Å². The number of hydrogen-bond donors (Lipinski definition) is 2. The van der Waals surface area contributed by atoms with Gasteiger partial charge >= 0.3 is 0 Å². The van der Waals surface area contributed by atoms with Crippen molar-refractivity contribution in [1.82, 2.24) is 20.1 Å². The number of ether oxygens (including phenoxy) is 1. The second kappa shape index (κ2) is 7.40. The van der Waals surface area contributed by atoms with Crippen molar-refractivity contribution < 1.29 is 9.53 Å². The van der Waals surface area contributed by atoms with E-state index in [0.717, 1.165) is 47.8 Å². The second-order valence-electron chi connectivity index (χ2n) is 7.37. The molecule has 6 nitrogen and oxygen atoms in total. The first-order valence-corrected chi connectivity index (χ1v) is 10.6. The zero-order valence-corrected chi connectivity index (χ0v) is 17.0. The summed E-state index contributed by atoms with van der Waals surface area (Å²) in [6, 6.07) is 12.0. The van der Waals surface area contributed by atoms with Crippen molar-refractivity contribution in [1.29, 1.82) is 0 Å². The quantitative estimate of drug-likeness (QED) is 0.518. The van der Waals surface area contributed by atoms with Crippen molar-refractivity contribution in [3.05, 3.63) is 59.2 Å². The zero-order chi connectivity index (χ0) is 19.8. The van der Waals surface area contributed by atoms with Crippen LogP contribution in [-0.2, 0) is 0 Å². The molecule has 1 amide bonds. The Hall–Kier alpha value is -3.06. The first-order chi connectivity index (χ1) is 14.2. The fourth-order valence-corrected chi connectivity index (χ4v) is 4.82. The summed E-state index contributed by atoms with van der Waals surface area (Å²) in [6.07, 6.45) is 3.99. The van der Waals surface area contributed by atoms with Gasteiger partial charge in [-0.1, -0.05) is 6.07 Å². The molecule has 0 saturated carbocycles. The lowest BCUT2D eigenvalue weighted by molar-refractivity contribution is 0.0707. The van der Waals surface area contributed by atoms with E-state index in [4.69, 9.17) is 4.74 Å². The Morgan fingerprint density at radius 2 is 2.10 bits per heavy atom. The van der Waals surface area contributed by atoms with Gasteiger partial charge in [0.25, 0.3) is 5.91 Å². The van der Waals surface area contributed by atoms with Crippen LogP contribution < -0.4 is 4.74 Å². The number of rotatable bonds is 4. The van der Waals surface area contributed by atoms with Crippen LogP contribution in [0.3, 0.4) is 0 Å². The van der Waals surface area contributed by atoms with Crippen LogP contribution in [0, 0.1) is 0 Å². The molecule has 0 spiro atoms. The fourth-order valence-electron chi connectivity index (χ4n) is 4.13. The Morgan fingerprint density at radius 1 is 1.24 bits per heavy atom. The Morgan fingerprint density at radius 3 is 2.86 bits per heavy atom. The van der Waals surface area contributed by atoms with E-state index in [1.54, 1.807) is 18.4 Å². The maximum atomic E-state index is 12.9. The predicted molar refractivity (Wildman–Crippen MR) is 115 cm³/mol. The Kier molecular flexibility index (Phi) is 4.60. The minimum atomic E-state index is 0.00287. The van der Waals surface area contributed by atoms with Gasteiger partial charge in [-0.2, -0.15) is 5.10 Å². The van der Waals surface area contributed by atoms with Gasteiger partial charge in [0.05, 0.1) is 17.7 Å². The number of carbonyl (C=O) groups excluding carboxylic acids is 1. The largest absolute Gasteiger partial charge is 0.497 e. The second-order valence-corrected chi connectivity index (χ2v) is 8.31. The van der Waals surface area contributed by atoms with Crippen LogP contribution >= 0.6 is 11.3 Å². The number of aromatic amines is 2. The maximum Gasteiger partial charge on any atom is 0.274 e. The Bertz CT molecular complexity index is 1140. The van der Waals surface area contributed by atoms with Gasteiger partial charge in [-0.05, 0) is 60.0 Å². The van der Waals surface area contributed by atoms with Gasteiger partial charge in [-0.15, -0.1) is 11.3 Å². The SMILES string of the molecule is COc1ccc2[nH]cc(C3CCN(C(=O)c4cc(-c5cccs5)[nH]n4)CC3)c2c1. The van der Waals surface area contributed by atoms with Gasteiger partial charge in [-0.3, -0.25) is 9.89 Å². The number of hydrogen-bond acceptors (Lipinski definition) is 4. The van der Waals surface area contributed by atoms with Crippen molar-refractivity contribution in [2.45, 2.75) is 18.8 Å². The summed E-state index contributed by atoms with van der Waals surface area (Å²) in [6.45, 7) is 1.47.